The van der Waals surface area contributed by atoms with Crippen LogP contribution in [-0.4, -0.2) is 81.7 Å². The number of nitrogen functional groups attached to an aromatic ring is 2. The molecule has 0 saturated carbocycles. The van der Waals surface area contributed by atoms with Crippen molar-refractivity contribution < 1.29 is 15.3 Å². The molecule has 0 unspecified atom stereocenters. The molecular weight excluding hydrogens is 938 g/mol. The molecule has 0 radical (unpaired) electrons. The molecule has 302 valence electrons. The van der Waals surface area contributed by atoms with Gasteiger partial charge in [-0.3, -0.25) is 0 Å². The number of aliphatic hydroxyl groups excluding tert-OH is 3. The predicted molar refractivity (Wildman–Crippen MR) is 237 cm³/mol. The third-order valence-corrected chi connectivity index (χ3v) is 9.72. The van der Waals surface area contributed by atoms with E-state index in [0.717, 1.165) is 27.2 Å². The number of hydrogen-bond acceptors (Lipinski definition) is 16. The Bertz CT molecular complexity index is 1860. The molecule has 0 aliphatic heterocycles. The number of aliphatic hydroxyl groups is 3. The van der Waals surface area contributed by atoms with Crippen LogP contribution in [0.25, 0.3) is 0 Å². The number of hydrogen-bond donors (Lipinski definition) is 10. The molecule has 12 N–H and O–H groups in total. The van der Waals surface area contributed by atoms with Gasteiger partial charge in [-0.2, -0.15) is 15.0 Å². The van der Waals surface area contributed by atoms with E-state index in [9.17, 15) is 15.3 Å². The van der Waals surface area contributed by atoms with Crippen LogP contribution in [0.2, 0.25) is 5.28 Å². The zero-order valence-corrected chi connectivity index (χ0v) is 37.0. The molecule has 0 spiro atoms. The van der Waals surface area contributed by atoms with Crippen molar-refractivity contribution in [2.45, 2.75) is 78.0 Å². The van der Waals surface area contributed by atoms with Crippen molar-refractivity contribution in [2.75, 3.05) is 38.1 Å². The third kappa shape index (κ3) is 15.8. The zero-order chi connectivity index (χ0) is 41.5. The highest BCUT2D eigenvalue weighted by Crippen LogP contribution is 2.26. The molecular formula is C36H47Br3ClN13O3. The van der Waals surface area contributed by atoms with Crippen LogP contribution >= 0.6 is 59.4 Å². The Morgan fingerprint density at radius 2 is 0.821 bits per heavy atom. The highest BCUT2D eigenvalue weighted by Gasteiger charge is 2.15. The Morgan fingerprint density at radius 3 is 1.14 bits per heavy atom. The molecule has 16 nitrogen and oxygen atoms in total. The second kappa shape index (κ2) is 22.6. The van der Waals surface area contributed by atoms with Crippen molar-refractivity contribution >= 4 is 111 Å². The van der Waals surface area contributed by atoms with Crippen LogP contribution in [0.3, 0.4) is 0 Å². The Kier molecular flexibility index (Phi) is 18.7. The summed E-state index contributed by atoms with van der Waals surface area (Å²) in [5, 5.41) is 44.6. The van der Waals surface area contributed by atoms with Crippen LogP contribution in [0.1, 0.15) is 41.5 Å². The maximum absolute atomic E-state index is 9.73. The first-order valence-electron chi connectivity index (χ1n) is 17.2. The molecule has 0 amide bonds. The minimum Gasteiger partial charge on any atom is -0.399 e. The van der Waals surface area contributed by atoms with E-state index < -0.39 is 18.3 Å². The molecule has 6 atom stereocenters. The minimum atomic E-state index is -0.526. The normalized spacial score (nSPS) is 13.9. The van der Waals surface area contributed by atoms with Gasteiger partial charge in [-0.05, 0) is 149 Å². The largest absolute Gasteiger partial charge is 0.399 e. The summed E-state index contributed by atoms with van der Waals surface area (Å²) in [7, 11) is 0. The van der Waals surface area contributed by atoms with Gasteiger partial charge in [-0.15, -0.1) is 0 Å². The lowest BCUT2D eigenvalue weighted by atomic mass is 10.2. The van der Waals surface area contributed by atoms with E-state index in [1.165, 1.54) is 0 Å². The highest BCUT2D eigenvalue weighted by atomic mass is 79.9. The van der Waals surface area contributed by atoms with Crippen molar-refractivity contribution in [2.24, 2.45) is 0 Å². The van der Waals surface area contributed by atoms with Crippen LogP contribution < -0.4 is 38.1 Å². The fraction of sp³-hybridized carbons (Fsp3) is 0.333. The van der Waals surface area contributed by atoms with Crippen LogP contribution in [0.4, 0.5) is 52.1 Å². The van der Waals surface area contributed by atoms with Crippen LogP contribution in [0.15, 0.2) is 80.5 Å². The standard InChI is InChI=1S/C22H28Br2N8O2.C8H11BrClN3O.C6H8N2/c1-11(13(3)33)27-19-17(23)9-25-21(31-19)29-15-5-7-16(8-6-15)30-22-26-10-18(24)20(32-22)28-12(2)14(4)34;1-4(5(2)14)12-7-6(9)3-11-8(10)13-7;7-5-1-2-6(8)4-3-5/h5-14,33-34H,1-4H3,(H2,25,27,29,31)(H2,26,28,30,32);3-5,14H,1-2H3,(H,11,12,13);1-4H,7-8H2/t11-,12-,13-,14-;4-,5-;/m11./s1. The van der Waals surface area contributed by atoms with E-state index >= 15 is 0 Å². The van der Waals surface area contributed by atoms with Gasteiger partial charge >= 0.3 is 0 Å². The fourth-order valence-electron chi connectivity index (χ4n) is 3.90. The van der Waals surface area contributed by atoms with E-state index in [-0.39, 0.29) is 23.4 Å². The first-order chi connectivity index (χ1) is 26.4. The van der Waals surface area contributed by atoms with Gasteiger partial charge in [0.2, 0.25) is 17.2 Å². The number of halogens is 4. The second-order valence-electron chi connectivity index (χ2n) is 12.6. The molecule has 0 saturated heterocycles. The Balaban J connectivity index is 0.000000310. The van der Waals surface area contributed by atoms with Gasteiger partial charge in [-0.25, -0.2) is 15.0 Å². The molecule has 3 heterocycles. The Hall–Kier alpha value is -4.11. The van der Waals surface area contributed by atoms with Crippen LogP contribution in [0, 0.1) is 0 Å². The molecule has 2 aromatic carbocycles. The lowest BCUT2D eigenvalue weighted by Crippen LogP contribution is -2.28. The second-order valence-corrected chi connectivity index (χ2v) is 15.5. The lowest BCUT2D eigenvalue weighted by molar-refractivity contribution is 0.177. The Morgan fingerprint density at radius 1 is 0.518 bits per heavy atom. The number of nitrogens with two attached hydrogens (primary N) is 2. The number of aromatic nitrogens is 6. The van der Waals surface area contributed by atoms with E-state index in [1.807, 2.05) is 45.0 Å². The Labute approximate surface area is 356 Å². The first-order valence-corrected chi connectivity index (χ1v) is 20.0. The van der Waals surface area contributed by atoms with Crippen molar-refractivity contribution in [1.29, 1.82) is 0 Å². The smallest absolute Gasteiger partial charge is 0.229 e. The molecule has 5 rings (SSSR count). The molecule has 0 bridgehead atoms. The van der Waals surface area contributed by atoms with E-state index in [0.29, 0.717) is 38.3 Å². The van der Waals surface area contributed by atoms with E-state index in [2.05, 4.69) is 104 Å². The van der Waals surface area contributed by atoms with Crippen molar-refractivity contribution in [3.05, 3.63) is 85.8 Å². The maximum Gasteiger partial charge on any atom is 0.229 e. The molecule has 0 fully saturated rings. The average molecular weight is 985 g/mol. The number of nitrogens with one attached hydrogen (secondary N) is 5. The lowest BCUT2D eigenvalue weighted by Gasteiger charge is -2.18. The quantitative estimate of drug-likeness (QED) is 0.0404. The predicted octanol–water partition coefficient (Wildman–Crippen LogP) is 7.57. The van der Waals surface area contributed by atoms with Gasteiger partial charge in [0.25, 0.3) is 0 Å². The summed E-state index contributed by atoms with van der Waals surface area (Å²) in [6.07, 6.45) is 3.35. The summed E-state index contributed by atoms with van der Waals surface area (Å²) in [5.74, 6) is 2.60. The summed E-state index contributed by atoms with van der Waals surface area (Å²) in [6.45, 7) is 10.7. The summed E-state index contributed by atoms with van der Waals surface area (Å²) in [6, 6.07) is 14.2. The monoisotopic (exact) mass is 981 g/mol. The van der Waals surface area contributed by atoms with Crippen molar-refractivity contribution in [1.82, 2.24) is 29.9 Å². The summed E-state index contributed by atoms with van der Waals surface area (Å²) < 4.78 is 2.13. The average Bonchev–Trinajstić information content (AvgIpc) is 3.15. The van der Waals surface area contributed by atoms with Gasteiger partial charge < -0.3 is 53.4 Å². The molecule has 0 aliphatic rings. The fourth-order valence-corrected chi connectivity index (χ4v) is 4.95. The summed E-state index contributed by atoms with van der Waals surface area (Å²) in [5.41, 5.74) is 13.8. The van der Waals surface area contributed by atoms with Crippen molar-refractivity contribution in [3.8, 4) is 0 Å². The minimum absolute atomic E-state index is 0.0998. The van der Waals surface area contributed by atoms with Gasteiger partial charge in [-0.1, -0.05) is 0 Å². The molecule has 0 aliphatic carbocycles. The number of anilines is 9. The SMILES string of the molecule is C[C@@H](O)[C@@H](C)Nc1nc(Cl)ncc1Br.C[C@@H](O)[C@@H](C)Nc1nc(Nc2ccc(Nc3ncc(Br)c(N[C@H](C)[C@@H](C)O)n3)cc2)ncc1Br.Nc1ccc(N)cc1. The summed E-state index contributed by atoms with van der Waals surface area (Å²) >= 11 is 15.8. The van der Waals surface area contributed by atoms with E-state index in [1.54, 1.807) is 63.6 Å². The van der Waals surface area contributed by atoms with Crippen molar-refractivity contribution in [3.63, 3.8) is 0 Å². The number of rotatable bonds is 13. The zero-order valence-electron chi connectivity index (χ0n) is 31.5. The van der Waals surface area contributed by atoms with Crippen LogP contribution in [-0.2, 0) is 0 Å². The maximum atomic E-state index is 9.73. The third-order valence-electron chi connectivity index (χ3n) is 7.80. The van der Waals surface area contributed by atoms with Gasteiger partial charge in [0.05, 0.1) is 49.9 Å². The molecule has 5 aromatic rings. The first kappa shape index (κ1) is 46.3. The highest BCUT2D eigenvalue weighted by molar-refractivity contribution is 9.11. The van der Waals surface area contributed by atoms with Gasteiger partial charge in [0.15, 0.2) is 0 Å². The van der Waals surface area contributed by atoms with Gasteiger partial charge in [0, 0.05) is 41.3 Å². The topological polar surface area (TPSA) is 250 Å². The summed E-state index contributed by atoms with van der Waals surface area (Å²) in [4.78, 5) is 25.3. The van der Waals surface area contributed by atoms with Gasteiger partial charge in [0.1, 0.15) is 17.5 Å². The molecule has 20 heteroatoms. The molecule has 3 aromatic heterocycles. The number of benzene rings is 2. The van der Waals surface area contributed by atoms with E-state index in [4.69, 9.17) is 23.1 Å². The number of nitrogens with zero attached hydrogens (tertiary/aromatic N) is 6. The van der Waals surface area contributed by atoms with Crippen LogP contribution in [0.5, 0.6) is 0 Å². The molecule has 56 heavy (non-hydrogen) atoms.